The van der Waals surface area contributed by atoms with E-state index in [9.17, 15) is 18.8 Å². The molecule has 2 fully saturated rings. The van der Waals surface area contributed by atoms with Gasteiger partial charge in [0.2, 0.25) is 11.7 Å². The van der Waals surface area contributed by atoms with Crippen LogP contribution in [-0.4, -0.2) is 30.7 Å². The SMILES string of the molecule is O=C(NCC1CC1)C(=O)[C@H]1CNC(=O)[C@@H]1Cc1ccc(F)cc1. The molecule has 1 aliphatic heterocycles. The minimum absolute atomic E-state index is 0.181. The second kappa shape index (κ2) is 6.48. The van der Waals surface area contributed by atoms with Gasteiger partial charge in [-0.1, -0.05) is 12.1 Å². The highest BCUT2D eigenvalue weighted by molar-refractivity contribution is 6.37. The van der Waals surface area contributed by atoms with Crippen LogP contribution in [0.5, 0.6) is 0 Å². The molecule has 2 N–H and O–H groups in total. The second-order valence-electron chi connectivity index (χ2n) is 6.31. The Morgan fingerprint density at radius 1 is 1.22 bits per heavy atom. The summed E-state index contributed by atoms with van der Waals surface area (Å²) in [6.45, 7) is 0.710. The highest BCUT2D eigenvalue weighted by Crippen LogP contribution is 2.28. The number of halogens is 1. The van der Waals surface area contributed by atoms with Crippen LogP contribution in [0.2, 0.25) is 0 Å². The Morgan fingerprint density at radius 2 is 1.91 bits per heavy atom. The van der Waals surface area contributed by atoms with Crippen molar-refractivity contribution in [1.29, 1.82) is 0 Å². The van der Waals surface area contributed by atoms with Crippen LogP contribution in [-0.2, 0) is 20.8 Å². The predicted octanol–water partition coefficient (Wildman–Crippen LogP) is 0.826. The Bertz CT molecular complexity index is 625. The van der Waals surface area contributed by atoms with Crippen molar-refractivity contribution >= 4 is 17.6 Å². The van der Waals surface area contributed by atoms with E-state index >= 15 is 0 Å². The molecule has 0 aromatic heterocycles. The van der Waals surface area contributed by atoms with Gasteiger partial charge in [-0.05, 0) is 42.9 Å². The van der Waals surface area contributed by atoms with Gasteiger partial charge in [-0.3, -0.25) is 14.4 Å². The van der Waals surface area contributed by atoms with Crippen molar-refractivity contribution in [2.75, 3.05) is 13.1 Å². The molecule has 1 saturated heterocycles. The largest absolute Gasteiger partial charge is 0.355 e. The minimum Gasteiger partial charge on any atom is -0.355 e. The van der Waals surface area contributed by atoms with Crippen LogP contribution < -0.4 is 10.6 Å². The summed E-state index contributed by atoms with van der Waals surface area (Å²) in [5, 5.41) is 5.30. The van der Waals surface area contributed by atoms with Crippen LogP contribution in [0.25, 0.3) is 0 Å². The summed E-state index contributed by atoms with van der Waals surface area (Å²) in [5.41, 5.74) is 0.768. The molecule has 1 aromatic rings. The number of nitrogens with one attached hydrogen (secondary N) is 2. The van der Waals surface area contributed by atoms with Gasteiger partial charge in [0, 0.05) is 13.1 Å². The molecule has 0 spiro atoms. The molecule has 2 atom stereocenters. The molecular weight excluding hydrogens is 299 g/mol. The summed E-state index contributed by atoms with van der Waals surface area (Å²) in [5.74, 6) is -2.49. The predicted molar refractivity (Wildman–Crippen MR) is 80.8 cm³/mol. The van der Waals surface area contributed by atoms with Crippen molar-refractivity contribution in [2.24, 2.45) is 17.8 Å². The third-order valence-electron chi connectivity index (χ3n) is 4.50. The van der Waals surface area contributed by atoms with Gasteiger partial charge in [-0.25, -0.2) is 4.39 Å². The molecule has 1 saturated carbocycles. The summed E-state index contributed by atoms with van der Waals surface area (Å²) in [7, 11) is 0. The molecule has 1 aliphatic carbocycles. The molecule has 23 heavy (non-hydrogen) atoms. The fourth-order valence-corrected chi connectivity index (χ4v) is 2.87. The van der Waals surface area contributed by atoms with Crippen LogP contribution in [0.15, 0.2) is 24.3 Å². The molecule has 0 bridgehead atoms. The van der Waals surface area contributed by atoms with Crippen LogP contribution >= 0.6 is 0 Å². The lowest BCUT2D eigenvalue weighted by Gasteiger charge is -2.15. The van der Waals surface area contributed by atoms with Gasteiger partial charge in [0.05, 0.1) is 11.8 Å². The van der Waals surface area contributed by atoms with Crippen molar-refractivity contribution in [3.63, 3.8) is 0 Å². The maximum absolute atomic E-state index is 13.0. The number of carbonyl (C=O) groups is 3. The Hall–Kier alpha value is -2.24. The van der Waals surface area contributed by atoms with Gasteiger partial charge < -0.3 is 10.6 Å². The van der Waals surface area contributed by atoms with E-state index in [0.717, 1.165) is 18.4 Å². The maximum atomic E-state index is 13.0. The Balaban J connectivity index is 1.64. The van der Waals surface area contributed by atoms with E-state index in [1.54, 1.807) is 12.1 Å². The van der Waals surface area contributed by atoms with Crippen LogP contribution in [0, 0.1) is 23.6 Å². The summed E-state index contributed by atoms with van der Waals surface area (Å²) in [6.07, 6.45) is 2.49. The average Bonchev–Trinajstić information content (AvgIpc) is 3.31. The lowest BCUT2D eigenvalue weighted by Crippen LogP contribution is -2.39. The quantitative estimate of drug-likeness (QED) is 0.763. The number of hydrogen-bond donors (Lipinski definition) is 2. The Labute approximate surface area is 133 Å². The van der Waals surface area contributed by atoms with Crippen LogP contribution in [0.3, 0.4) is 0 Å². The lowest BCUT2D eigenvalue weighted by molar-refractivity contribution is -0.141. The van der Waals surface area contributed by atoms with E-state index in [1.165, 1.54) is 12.1 Å². The van der Waals surface area contributed by atoms with Crippen molar-refractivity contribution in [1.82, 2.24) is 10.6 Å². The maximum Gasteiger partial charge on any atom is 0.287 e. The van der Waals surface area contributed by atoms with Gasteiger partial charge in [0.25, 0.3) is 5.91 Å². The fraction of sp³-hybridized carbons (Fsp3) is 0.471. The molecule has 0 unspecified atom stereocenters. The highest BCUT2D eigenvalue weighted by atomic mass is 19.1. The first-order valence-electron chi connectivity index (χ1n) is 7.89. The summed E-state index contributed by atoms with van der Waals surface area (Å²) in [6, 6.07) is 5.83. The smallest absolute Gasteiger partial charge is 0.287 e. The number of carbonyl (C=O) groups excluding carboxylic acids is 3. The molecule has 1 heterocycles. The number of ketones is 1. The van der Waals surface area contributed by atoms with Gasteiger partial charge in [-0.2, -0.15) is 0 Å². The molecule has 3 rings (SSSR count). The van der Waals surface area contributed by atoms with Crippen molar-refractivity contribution < 1.29 is 18.8 Å². The molecular formula is C17H19FN2O3. The zero-order valence-electron chi connectivity index (χ0n) is 12.7. The van der Waals surface area contributed by atoms with Gasteiger partial charge in [0.1, 0.15) is 5.82 Å². The number of benzene rings is 1. The molecule has 2 aliphatic rings. The summed E-state index contributed by atoms with van der Waals surface area (Å²) in [4.78, 5) is 36.3. The second-order valence-corrected chi connectivity index (χ2v) is 6.31. The monoisotopic (exact) mass is 318 g/mol. The Morgan fingerprint density at radius 3 is 2.57 bits per heavy atom. The number of Topliss-reactive ketones (excluding diaryl/α,β-unsaturated/α-hetero) is 1. The molecule has 2 amide bonds. The normalized spacial score (nSPS) is 23.4. The standard InChI is InChI=1S/C17H19FN2O3/c18-12-5-3-10(4-6-12)7-13-14(9-20-16(13)22)15(21)17(23)19-8-11-1-2-11/h3-6,11,13-14H,1-2,7-9H2,(H,19,23)(H,20,22)/t13-,14+/m1/s1. The summed E-state index contributed by atoms with van der Waals surface area (Å²) < 4.78 is 13.0. The lowest BCUT2D eigenvalue weighted by atomic mass is 9.86. The highest BCUT2D eigenvalue weighted by Gasteiger charge is 2.41. The van der Waals surface area contributed by atoms with Gasteiger partial charge in [-0.15, -0.1) is 0 Å². The third kappa shape index (κ3) is 3.75. The number of amides is 2. The summed E-state index contributed by atoms with van der Waals surface area (Å²) >= 11 is 0. The molecule has 122 valence electrons. The first-order chi connectivity index (χ1) is 11.0. The van der Waals surface area contributed by atoms with Gasteiger partial charge in [0.15, 0.2) is 0 Å². The van der Waals surface area contributed by atoms with E-state index in [4.69, 9.17) is 0 Å². The fourth-order valence-electron chi connectivity index (χ4n) is 2.87. The van der Waals surface area contributed by atoms with Crippen molar-refractivity contribution in [2.45, 2.75) is 19.3 Å². The average molecular weight is 318 g/mol. The third-order valence-corrected chi connectivity index (χ3v) is 4.50. The first kappa shape index (κ1) is 15.6. The number of hydrogen-bond acceptors (Lipinski definition) is 3. The molecule has 6 heteroatoms. The van der Waals surface area contributed by atoms with E-state index in [0.29, 0.717) is 18.9 Å². The van der Waals surface area contributed by atoms with E-state index < -0.39 is 23.5 Å². The van der Waals surface area contributed by atoms with Crippen molar-refractivity contribution in [3.05, 3.63) is 35.6 Å². The molecule has 0 radical (unpaired) electrons. The Kier molecular flexibility index (Phi) is 4.41. The zero-order valence-corrected chi connectivity index (χ0v) is 12.7. The van der Waals surface area contributed by atoms with Crippen LogP contribution in [0.1, 0.15) is 18.4 Å². The molecule has 5 nitrogen and oxygen atoms in total. The minimum atomic E-state index is -0.660. The number of rotatable bonds is 6. The first-order valence-corrected chi connectivity index (χ1v) is 7.89. The van der Waals surface area contributed by atoms with E-state index in [2.05, 4.69) is 10.6 Å². The zero-order chi connectivity index (χ0) is 16.4. The molecule has 1 aromatic carbocycles. The van der Waals surface area contributed by atoms with E-state index in [1.807, 2.05) is 0 Å². The van der Waals surface area contributed by atoms with Crippen LogP contribution in [0.4, 0.5) is 4.39 Å². The van der Waals surface area contributed by atoms with Crippen molar-refractivity contribution in [3.8, 4) is 0 Å². The topological polar surface area (TPSA) is 75.3 Å². The van der Waals surface area contributed by atoms with Gasteiger partial charge >= 0.3 is 0 Å². The van der Waals surface area contributed by atoms with E-state index in [-0.39, 0.29) is 18.3 Å².